The van der Waals surface area contributed by atoms with Crippen LogP contribution in [0.1, 0.15) is 42.8 Å². The number of ether oxygens (including phenoxy) is 1. The van der Waals surface area contributed by atoms with Gasteiger partial charge in [0.2, 0.25) is 6.10 Å². The number of nitrogens with zero attached hydrogens (tertiary/aromatic N) is 2. The number of hydrogen-bond donors (Lipinski definition) is 2. The molecule has 3 aromatic carbocycles. The van der Waals surface area contributed by atoms with Gasteiger partial charge in [-0.05, 0) is 48.4 Å². The maximum atomic E-state index is 12.1. The number of aryl methyl sites for hydroxylation is 1. The van der Waals surface area contributed by atoms with Gasteiger partial charge in [-0.15, -0.1) is 0 Å². The monoisotopic (exact) mass is 553 g/mol. The van der Waals surface area contributed by atoms with Crippen molar-refractivity contribution in [3.8, 4) is 5.75 Å². The van der Waals surface area contributed by atoms with Crippen LogP contribution in [-0.4, -0.2) is 35.3 Å². The van der Waals surface area contributed by atoms with E-state index in [2.05, 4.69) is 6.92 Å². The van der Waals surface area contributed by atoms with Crippen LogP contribution in [0.4, 0.5) is 0 Å². The first-order chi connectivity index (χ1) is 18.1. The van der Waals surface area contributed by atoms with Crippen LogP contribution < -0.4 is 10.2 Å². The molecule has 8 nitrogen and oxygen atoms in total. The lowest BCUT2D eigenvalue weighted by molar-refractivity contribution is -0.145. The molecule has 0 saturated heterocycles. The van der Waals surface area contributed by atoms with Gasteiger partial charge in [0, 0.05) is 28.6 Å². The normalized spacial score (nSPS) is 12.4. The number of carboxylic acids is 1. The molecule has 1 unspecified atom stereocenters. The molecule has 0 aliphatic rings. The van der Waals surface area contributed by atoms with Crippen LogP contribution in [0.5, 0.6) is 5.75 Å². The van der Waals surface area contributed by atoms with E-state index in [-0.39, 0.29) is 10.4 Å². The van der Waals surface area contributed by atoms with Gasteiger partial charge in [0.15, 0.2) is 9.84 Å². The molecule has 0 saturated carbocycles. The molecule has 10 heteroatoms. The highest BCUT2D eigenvalue weighted by molar-refractivity contribution is 7.90. The van der Waals surface area contributed by atoms with E-state index in [4.69, 9.17) is 26.7 Å². The zero-order valence-electron chi connectivity index (χ0n) is 21.0. The van der Waals surface area contributed by atoms with Crippen molar-refractivity contribution in [3.05, 3.63) is 94.2 Å². The Kier molecular flexibility index (Phi) is 8.18. The molecule has 0 spiro atoms. The minimum absolute atomic E-state index is 0.140. The molecule has 0 aliphatic heterocycles. The standard InChI is InChI=1S/C28H28ClN3O5S/c1-3-4-9-25-31-24-15-14-20(38(2,35)36)16-22(24)27(30)32(25)17-18-10-12-19(13-11-18)37-26(28(33)34)21-7-5-6-8-23(21)29/h5-8,10-16,26,30H,3-4,9,17H2,1-2H3,(H,33,34). The van der Waals surface area contributed by atoms with Gasteiger partial charge in [-0.2, -0.15) is 0 Å². The number of nitrogens with one attached hydrogen (secondary N) is 1. The van der Waals surface area contributed by atoms with Crippen LogP contribution in [-0.2, 0) is 27.6 Å². The van der Waals surface area contributed by atoms with Gasteiger partial charge >= 0.3 is 5.97 Å². The minimum Gasteiger partial charge on any atom is -0.478 e. The summed E-state index contributed by atoms with van der Waals surface area (Å²) < 4.78 is 31.7. The van der Waals surface area contributed by atoms with Crippen molar-refractivity contribution >= 4 is 38.3 Å². The summed E-state index contributed by atoms with van der Waals surface area (Å²) in [6, 6.07) is 18.3. The highest BCUT2D eigenvalue weighted by Gasteiger charge is 2.24. The van der Waals surface area contributed by atoms with E-state index in [9.17, 15) is 18.3 Å². The molecule has 198 valence electrons. The molecule has 0 amide bonds. The predicted molar refractivity (Wildman–Crippen MR) is 145 cm³/mol. The third-order valence-electron chi connectivity index (χ3n) is 6.17. The first kappa shape index (κ1) is 27.3. The Balaban J connectivity index is 1.67. The van der Waals surface area contributed by atoms with E-state index in [1.54, 1.807) is 59.2 Å². The molecule has 4 rings (SSSR count). The molecule has 0 radical (unpaired) electrons. The van der Waals surface area contributed by atoms with Crippen LogP contribution in [0, 0.1) is 5.41 Å². The highest BCUT2D eigenvalue weighted by Crippen LogP contribution is 2.28. The lowest BCUT2D eigenvalue weighted by Gasteiger charge is -2.18. The maximum Gasteiger partial charge on any atom is 0.349 e. The Morgan fingerprint density at radius 3 is 2.47 bits per heavy atom. The predicted octanol–water partition coefficient (Wildman–Crippen LogP) is 5.17. The number of carbonyl (C=O) groups is 1. The third kappa shape index (κ3) is 6.06. The number of carboxylic acid groups (broad SMARTS) is 1. The van der Waals surface area contributed by atoms with E-state index in [0.717, 1.165) is 30.5 Å². The zero-order valence-corrected chi connectivity index (χ0v) is 22.6. The third-order valence-corrected chi connectivity index (χ3v) is 7.62. The number of benzene rings is 3. The van der Waals surface area contributed by atoms with Crippen molar-refractivity contribution in [2.75, 3.05) is 6.26 Å². The highest BCUT2D eigenvalue weighted by atomic mass is 35.5. The molecule has 38 heavy (non-hydrogen) atoms. The quantitative estimate of drug-likeness (QED) is 0.279. The Morgan fingerprint density at radius 1 is 1.13 bits per heavy atom. The summed E-state index contributed by atoms with van der Waals surface area (Å²) in [4.78, 5) is 16.8. The second-order valence-corrected chi connectivity index (χ2v) is 11.4. The Bertz CT molecular complexity index is 1650. The van der Waals surface area contributed by atoms with Crippen molar-refractivity contribution in [1.29, 1.82) is 5.41 Å². The molecule has 0 bridgehead atoms. The fourth-order valence-electron chi connectivity index (χ4n) is 4.13. The molecule has 4 aromatic rings. The number of rotatable bonds is 10. The molecule has 1 aromatic heterocycles. The molecular formula is C28H28ClN3O5S. The van der Waals surface area contributed by atoms with Gasteiger partial charge in [0.05, 0.1) is 17.0 Å². The second-order valence-electron chi connectivity index (χ2n) is 9.02. The van der Waals surface area contributed by atoms with Gasteiger partial charge in [-0.1, -0.05) is 55.3 Å². The summed E-state index contributed by atoms with van der Waals surface area (Å²) in [5.74, 6) is -0.0629. The van der Waals surface area contributed by atoms with Crippen molar-refractivity contribution in [2.24, 2.45) is 0 Å². The lowest BCUT2D eigenvalue weighted by Crippen LogP contribution is -2.26. The smallest absolute Gasteiger partial charge is 0.349 e. The summed E-state index contributed by atoms with van der Waals surface area (Å²) in [5, 5.41) is 19.3. The maximum absolute atomic E-state index is 12.1. The summed E-state index contributed by atoms with van der Waals surface area (Å²) >= 11 is 6.18. The van der Waals surface area contributed by atoms with E-state index in [1.165, 1.54) is 12.1 Å². The van der Waals surface area contributed by atoms with Gasteiger partial charge in [-0.25, -0.2) is 18.2 Å². The molecule has 1 heterocycles. The van der Waals surface area contributed by atoms with E-state index < -0.39 is 21.9 Å². The number of unbranched alkanes of at least 4 members (excludes halogenated alkanes) is 1. The topological polar surface area (TPSA) is 122 Å². The average Bonchev–Trinajstić information content (AvgIpc) is 2.88. The Morgan fingerprint density at radius 2 is 1.84 bits per heavy atom. The molecule has 1 atom stereocenters. The van der Waals surface area contributed by atoms with Crippen molar-refractivity contribution in [1.82, 2.24) is 9.55 Å². The van der Waals surface area contributed by atoms with Gasteiger partial charge in [-0.3, -0.25) is 5.41 Å². The summed E-state index contributed by atoms with van der Waals surface area (Å²) in [5.41, 5.74) is 1.96. The zero-order chi connectivity index (χ0) is 27.4. The van der Waals surface area contributed by atoms with E-state index >= 15 is 0 Å². The molecular weight excluding hydrogens is 526 g/mol. The Labute approximate surface area is 225 Å². The number of hydrogen-bond acceptors (Lipinski definition) is 6. The Hall–Kier alpha value is -3.69. The summed E-state index contributed by atoms with van der Waals surface area (Å²) in [6.45, 7) is 2.41. The number of aliphatic carboxylic acids is 1. The minimum atomic E-state index is -3.44. The van der Waals surface area contributed by atoms with Crippen LogP contribution in [0.25, 0.3) is 10.9 Å². The van der Waals surface area contributed by atoms with Crippen LogP contribution >= 0.6 is 11.6 Å². The summed E-state index contributed by atoms with van der Waals surface area (Å²) in [7, 11) is -3.44. The van der Waals surface area contributed by atoms with Crippen molar-refractivity contribution in [2.45, 2.75) is 43.7 Å². The van der Waals surface area contributed by atoms with Crippen LogP contribution in [0.3, 0.4) is 0 Å². The van der Waals surface area contributed by atoms with E-state index in [1.807, 2.05) is 0 Å². The molecule has 0 aliphatic carbocycles. The SMILES string of the molecule is CCCCc1nc2ccc(S(C)(=O)=O)cc2c(=N)n1Cc1ccc(OC(C(=O)O)c2ccccc2Cl)cc1. The number of fused-ring (bicyclic) bond motifs is 1. The number of aromatic nitrogens is 2. The first-order valence-electron chi connectivity index (χ1n) is 12.1. The first-order valence-corrected chi connectivity index (χ1v) is 14.4. The number of halogens is 1. The largest absolute Gasteiger partial charge is 0.478 e. The van der Waals surface area contributed by atoms with Crippen LogP contribution in [0.2, 0.25) is 5.02 Å². The van der Waals surface area contributed by atoms with Crippen molar-refractivity contribution in [3.63, 3.8) is 0 Å². The van der Waals surface area contributed by atoms with Crippen LogP contribution in [0.15, 0.2) is 71.6 Å². The lowest BCUT2D eigenvalue weighted by atomic mass is 10.1. The fraction of sp³-hybridized carbons (Fsp3) is 0.250. The van der Waals surface area contributed by atoms with Gasteiger partial charge in [0.1, 0.15) is 17.1 Å². The molecule has 2 N–H and O–H groups in total. The van der Waals surface area contributed by atoms with E-state index in [0.29, 0.717) is 40.2 Å². The summed E-state index contributed by atoms with van der Waals surface area (Å²) in [6.07, 6.45) is 2.40. The second kappa shape index (κ2) is 11.4. The number of sulfone groups is 1. The van der Waals surface area contributed by atoms with Gasteiger partial charge in [0.25, 0.3) is 0 Å². The average molecular weight is 554 g/mol. The molecule has 0 fully saturated rings. The fourth-order valence-corrected chi connectivity index (χ4v) is 5.01. The van der Waals surface area contributed by atoms with Crippen molar-refractivity contribution < 1.29 is 23.1 Å². The van der Waals surface area contributed by atoms with Gasteiger partial charge < -0.3 is 14.4 Å².